The Bertz CT molecular complexity index is 793. The van der Waals surface area contributed by atoms with Crippen molar-refractivity contribution >= 4 is 17.5 Å². The third-order valence-corrected chi connectivity index (χ3v) is 4.60. The van der Waals surface area contributed by atoms with Crippen molar-refractivity contribution in [2.45, 2.75) is 6.54 Å². The lowest BCUT2D eigenvalue weighted by Gasteiger charge is -2.34. The summed E-state index contributed by atoms with van der Waals surface area (Å²) in [5.41, 5.74) is 2.45. The van der Waals surface area contributed by atoms with Crippen LogP contribution in [0.3, 0.4) is 0 Å². The molecule has 25 heavy (non-hydrogen) atoms. The Morgan fingerprint density at radius 3 is 2.32 bits per heavy atom. The monoisotopic (exact) mass is 354 g/mol. The van der Waals surface area contributed by atoms with E-state index in [2.05, 4.69) is 49.0 Å². The molecule has 0 saturated carbocycles. The summed E-state index contributed by atoms with van der Waals surface area (Å²) in [6.45, 7) is 4.80. The van der Waals surface area contributed by atoms with Gasteiger partial charge in [-0.15, -0.1) is 0 Å². The predicted molar refractivity (Wildman–Crippen MR) is 98.1 cm³/mol. The fraction of sp³-hybridized carbons (Fsp3) is 0.278. The fourth-order valence-corrected chi connectivity index (χ4v) is 3.12. The summed E-state index contributed by atoms with van der Waals surface area (Å²) in [5, 5.41) is 0.571. The molecule has 0 spiro atoms. The van der Waals surface area contributed by atoms with Gasteiger partial charge >= 0.3 is 0 Å². The molecule has 1 aliphatic rings. The molecule has 3 aromatic rings. The lowest BCUT2D eigenvalue weighted by molar-refractivity contribution is 0.248. The van der Waals surface area contributed by atoms with Crippen LogP contribution in [0.2, 0.25) is 5.02 Å². The maximum absolute atomic E-state index is 5.85. The number of piperazine rings is 1. The van der Waals surface area contributed by atoms with Crippen LogP contribution >= 0.6 is 11.6 Å². The molecule has 0 aliphatic carbocycles. The van der Waals surface area contributed by atoms with Crippen molar-refractivity contribution in [3.05, 3.63) is 66.0 Å². The zero-order valence-electron chi connectivity index (χ0n) is 13.8. The first-order chi connectivity index (χ1) is 12.3. The highest BCUT2D eigenvalue weighted by Gasteiger charge is 2.18. The van der Waals surface area contributed by atoms with Crippen LogP contribution < -0.4 is 4.90 Å². The molecule has 0 unspecified atom stereocenters. The molecule has 0 bridgehead atoms. The van der Waals surface area contributed by atoms with Gasteiger partial charge in [0.25, 0.3) is 0 Å². The molecule has 1 aromatic carbocycles. The van der Waals surface area contributed by atoms with Crippen molar-refractivity contribution in [1.29, 1.82) is 0 Å². The highest BCUT2D eigenvalue weighted by molar-refractivity contribution is 6.30. The van der Waals surface area contributed by atoms with Crippen molar-refractivity contribution in [3.63, 3.8) is 0 Å². The largest absolute Gasteiger partial charge is 0.338 e. The van der Waals surface area contributed by atoms with Gasteiger partial charge in [0.15, 0.2) is 0 Å². The Balaban J connectivity index is 1.33. The van der Waals surface area contributed by atoms with Crippen molar-refractivity contribution in [1.82, 2.24) is 24.4 Å². The third kappa shape index (κ3) is 3.81. The Labute approximate surface area is 151 Å². The van der Waals surface area contributed by atoms with Crippen molar-refractivity contribution in [2.24, 2.45) is 0 Å². The SMILES string of the molecule is Clc1cnc(N2CCN(Cc3ccc(-n4ccnc4)cc3)CC2)nc1. The molecule has 1 fully saturated rings. The van der Waals surface area contributed by atoms with Crippen LogP contribution in [0.15, 0.2) is 55.4 Å². The van der Waals surface area contributed by atoms with Crippen LogP contribution in [0.4, 0.5) is 5.95 Å². The van der Waals surface area contributed by atoms with E-state index in [1.165, 1.54) is 5.56 Å². The van der Waals surface area contributed by atoms with Gasteiger partial charge in [-0.05, 0) is 17.7 Å². The number of anilines is 1. The average molecular weight is 355 g/mol. The van der Waals surface area contributed by atoms with Crippen LogP contribution in [-0.2, 0) is 6.54 Å². The number of halogens is 1. The minimum absolute atomic E-state index is 0.571. The Hall–Kier alpha value is -2.44. The van der Waals surface area contributed by atoms with Gasteiger partial charge in [0.2, 0.25) is 5.95 Å². The Morgan fingerprint density at radius 1 is 0.960 bits per heavy atom. The van der Waals surface area contributed by atoms with Gasteiger partial charge in [-0.3, -0.25) is 4.90 Å². The second kappa shape index (κ2) is 7.21. The van der Waals surface area contributed by atoms with Gasteiger partial charge in [0.05, 0.1) is 23.7 Å². The molecular formula is C18H19ClN6. The van der Waals surface area contributed by atoms with Crippen LogP contribution in [-0.4, -0.2) is 50.6 Å². The summed E-state index contributed by atoms with van der Waals surface area (Å²) in [5.74, 6) is 0.758. The maximum atomic E-state index is 5.85. The quantitative estimate of drug-likeness (QED) is 0.721. The normalized spacial score (nSPS) is 15.5. The van der Waals surface area contributed by atoms with Crippen molar-refractivity contribution in [2.75, 3.05) is 31.1 Å². The first-order valence-corrected chi connectivity index (χ1v) is 8.68. The van der Waals surface area contributed by atoms with E-state index in [1.54, 1.807) is 18.6 Å². The molecule has 7 heteroatoms. The first-order valence-electron chi connectivity index (χ1n) is 8.30. The number of rotatable bonds is 4. The van der Waals surface area contributed by atoms with E-state index in [1.807, 2.05) is 17.1 Å². The van der Waals surface area contributed by atoms with Crippen LogP contribution in [0.5, 0.6) is 0 Å². The zero-order valence-corrected chi connectivity index (χ0v) is 14.5. The second-order valence-corrected chi connectivity index (χ2v) is 6.54. The highest BCUT2D eigenvalue weighted by atomic mass is 35.5. The number of benzene rings is 1. The molecule has 3 heterocycles. The number of hydrogen-bond donors (Lipinski definition) is 0. The molecule has 1 aliphatic heterocycles. The predicted octanol–water partition coefficient (Wildman–Crippen LogP) is 2.64. The van der Waals surface area contributed by atoms with Gasteiger partial charge in [-0.25, -0.2) is 15.0 Å². The van der Waals surface area contributed by atoms with Crippen LogP contribution in [0.25, 0.3) is 5.69 Å². The Morgan fingerprint density at radius 2 is 1.68 bits per heavy atom. The standard InChI is InChI=1S/C18H19ClN6/c19-16-11-21-18(22-12-16)24-9-7-23(8-10-24)13-15-1-3-17(4-2-15)25-6-5-20-14-25/h1-6,11-12,14H,7-10,13H2. The zero-order chi connectivity index (χ0) is 17.1. The molecular weight excluding hydrogens is 336 g/mol. The van der Waals surface area contributed by atoms with Gasteiger partial charge in [-0.1, -0.05) is 23.7 Å². The molecule has 0 amide bonds. The highest BCUT2D eigenvalue weighted by Crippen LogP contribution is 2.15. The average Bonchev–Trinajstić information content (AvgIpc) is 3.19. The minimum atomic E-state index is 0.571. The molecule has 0 N–H and O–H groups in total. The lowest BCUT2D eigenvalue weighted by atomic mass is 10.2. The summed E-state index contributed by atoms with van der Waals surface area (Å²) in [6.07, 6.45) is 8.86. The molecule has 2 aromatic heterocycles. The molecule has 0 radical (unpaired) electrons. The van der Waals surface area contributed by atoms with Gasteiger partial charge in [-0.2, -0.15) is 0 Å². The number of imidazole rings is 1. The molecule has 128 valence electrons. The van der Waals surface area contributed by atoms with E-state index in [9.17, 15) is 0 Å². The van der Waals surface area contributed by atoms with Crippen molar-refractivity contribution in [3.8, 4) is 5.69 Å². The van der Waals surface area contributed by atoms with Crippen LogP contribution in [0.1, 0.15) is 5.56 Å². The maximum Gasteiger partial charge on any atom is 0.225 e. The van der Waals surface area contributed by atoms with Gasteiger partial charge < -0.3 is 9.47 Å². The fourth-order valence-electron chi connectivity index (χ4n) is 3.02. The summed E-state index contributed by atoms with van der Waals surface area (Å²) in [6, 6.07) is 8.64. The molecule has 0 atom stereocenters. The number of hydrogen-bond acceptors (Lipinski definition) is 5. The lowest BCUT2D eigenvalue weighted by Crippen LogP contribution is -2.46. The summed E-state index contributed by atoms with van der Waals surface area (Å²) >= 11 is 5.85. The van der Waals surface area contributed by atoms with E-state index in [4.69, 9.17) is 11.6 Å². The van der Waals surface area contributed by atoms with E-state index < -0.39 is 0 Å². The molecule has 6 nitrogen and oxygen atoms in total. The topological polar surface area (TPSA) is 50.1 Å². The van der Waals surface area contributed by atoms with E-state index in [0.29, 0.717) is 5.02 Å². The van der Waals surface area contributed by atoms with Gasteiger partial charge in [0.1, 0.15) is 0 Å². The molecule has 4 rings (SSSR count). The minimum Gasteiger partial charge on any atom is -0.338 e. The number of aromatic nitrogens is 4. The molecule has 1 saturated heterocycles. The van der Waals surface area contributed by atoms with Crippen LogP contribution in [0, 0.1) is 0 Å². The van der Waals surface area contributed by atoms with Gasteiger partial charge in [0, 0.05) is 50.8 Å². The Kier molecular flexibility index (Phi) is 4.63. The first kappa shape index (κ1) is 16.1. The summed E-state index contributed by atoms with van der Waals surface area (Å²) in [4.78, 5) is 17.3. The van der Waals surface area contributed by atoms with Crippen molar-refractivity contribution < 1.29 is 0 Å². The third-order valence-electron chi connectivity index (χ3n) is 4.41. The summed E-state index contributed by atoms with van der Waals surface area (Å²) in [7, 11) is 0. The second-order valence-electron chi connectivity index (χ2n) is 6.10. The van der Waals surface area contributed by atoms with E-state index >= 15 is 0 Å². The smallest absolute Gasteiger partial charge is 0.225 e. The van der Waals surface area contributed by atoms with E-state index in [-0.39, 0.29) is 0 Å². The number of nitrogens with zero attached hydrogens (tertiary/aromatic N) is 6. The van der Waals surface area contributed by atoms with E-state index in [0.717, 1.165) is 44.4 Å². The summed E-state index contributed by atoms with van der Waals surface area (Å²) < 4.78 is 2.01.